The Morgan fingerprint density at radius 2 is 1.75 bits per heavy atom. The molecular formula is C21H22N4O3. The number of fused-ring (bicyclic) bond motifs is 1. The van der Waals surface area contributed by atoms with Gasteiger partial charge >= 0.3 is 5.97 Å². The Labute approximate surface area is 162 Å². The van der Waals surface area contributed by atoms with Gasteiger partial charge < -0.3 is 5.11 Å². The van der Waals surface area contributed by atoms with E-state index in [-0.39, 0.29) is 24.0 Å². The number of Topliss-reactive ketones (excluding diaryl/α,β-unsaturated/α-hetero) is 1. The lowest BCUT2D eigenvalue weighted by Crippen LogP contribution is -2.26. The zero-order valence-corrected chi connectivity index (χ0v) is 15.7. The van der Waals surface area contributed by atoms with Crippen molar-refractivity contribution in [2.45, 2.75) is 32.1 Å². The lowest BCUT2D eigenvalue weighted by Gasteiger charge is -2.24. The first kappa shape index (κ1) is 18.3. The Balaban J connectivity index is 1.49. The topological polar surface area (TPSA) is 98.0 Å². The first-order valence-corrected chi connectivity index (χ1v) is 9.49. The Bertz CT molecular complexity index is 1040. The molecule has 0 bridgehead atoms. The average Bonchev–Trinajstić information content (AvgIpc) is 3.14. The quantitative estimate of drug-likeness (QED) is 0.733. The molecule has 0 radical (unpaired) electrons. The Morgan fingerprint density at radius 3 is 2.43 bits per heavy atom. The number of carboxylic acids is 1. The van der Waals surface area contributed by atoms with E-state index < -0.39 is 5.97 Å². The van der Waals surface area contributed by atoms with Crippen LogP contribution in [0.15, 0.2) is 36.9 Å². The number of carbonyl (C=O) groups excluding carboxylic acids is 1. The maximum atomic E-state index is 12.7. The summed E-state index contributed by atoms with van der Waals surface area (Å²) in [6, 6.07) is 3.93. The zero-order valence-electron chi connectivity index (χ0n) is 15.7. The summed E-state index contributed by atoms with van der Waals surface area (Å²) in [7, 11) is 1.86. The predicted octanol–water partition coefficient (Wildman–Crippen LogP) is 3.03. The van der Waals surface area contributed by atoms with Gasteiger partial charge in [-0.15, -0.1) is 0 Å². The molecule has 0 saturated heterocycles. The maximum Gasteiger partial charge on any atom is 0.306 e. The highest BCUT2D eigenvalue weighted by Gasteiger charge is 2.29. The molecule has 0 unspecified atom stereocenters. The van der Waals surface area contributed by atoms with Crippen LogP contribution in [0.4, 0.5) is 0 Å². The summed E-state index contributed by atoms with van der Waals surface area (Å²) in [5.41, 5.74) is 2.51. The van der Waals surface area contributed by atoms with Gasteiger partial charge in [0.1, 0.15) is 5.78 Å². The van der Waals surface area contributed by atoms with Crippen LogP contribution in [-0.4, -0.2) is 36.6 Å². The molecule has 28 heavy (non-hydrogen) atoms. The van der Waals surface area contributed by atoms with Gasteiger partial charge in [0.15, 0.2) is 0 Å². The van der Waals surface area contributed by atoms with E-state index in [1.165, 1.54) is 0 Å². The summed E-state index contributed by atoms with van der Waals surface area (Å²) in [6.45, 7) is 0. The van der Waals surface area contributed by atoms with Crippen LogP contribution < -0.4 is 0 Å². The third-order valence-electron chi connectivity index (χ3n) is 5.55. The van der Waals surface area contributed by atoms with Crippen LogP contribution in [0.25, 0.3) is 22.0 Å². The van der Waals surface area contributed by atoms with Crippen LogP contribution in [0.5, 0.6) is 0 Å². The molecule has 3 heterocycles. The van der Waals surface area contributed by atoms with Crippen LogP contribution in [-0.2, 0) is 23.1 Å². The van der Waals surface area contributed by atoms with Crippen molar-refractivity contribution in [2.75, 3.05) is 0 Å². The maximum absolute atomic E-state index is 12.7. The fraction of sp³-hybridized carbons (Fsp3) is 0.381. The molecule has 1 N–H and O–H groups in total. The van der Waals surface area contributed by atoms with Gasteiger partial charge in [-0.1, -0.05) is 0 Å². The summed E-state index contributed by atoms with van der Waals surface area (Å²) in [6.07, 6.45) is 9.96. The molecule has 1 aliphatic rings. The molecule has 0 aliphatic heterocycles. The number of pyridine rings is 2. The largest absolute Gasteiger partial charge is 0.481 e. The van der Waals surface area contributed by atoms with E-state index in [9.17, 15) is 9.59 Å². The second kappa shape index (κ2) is 7.50. The number of aromatic nitrogens is 4. The first-order valence-electron chi connectivity index (χ1n) is 9.49. The SMILES string of the molecule is Cn1cc(-c2cc3cc(CC(=O)C4CCC(C(=O)O)CC4)ncc3cn2)cn1. The molecule has 1 saturated carbocycles. The molecule has 0 amide bonds. The molecule has 7 heteroatoms. The Morgan fingerprint density at radius 1 is 1.04 bits per heavy atom. The van der Waals surface area contributed by atoms with Crippen molar-refractivity contribution in [1.82, 2.24) is 19.7 Å². The van der Waals surface area contributed by atoms with Crippen molar-refractivity contribution in [2.24, 2.45) is 18.9 Å². The van der Waals surface area contributed by atoms with Crippen LogP contribution >= 0.6 is 0 Å². The van der Waals surface area contributed by atoms with Crippen molar-refractivity contribution in [3.63, 3.8) is 0 Å². The van der Waals surface area contributed by atoms with E-state index in [0.717, 1.165) is 27.7 Å². The summed E-state index contributed by atoms with van der Waals surface area (Å²) in [5.74, 6) is -0.963. The highest BCUT2D eigenvalue weighted by Crippen LogP contribution is 2.30. The molecule has 0 spiro atoms. The lowest BCUT2D eigenvalue weighted by molar-refractivity contribution is -0.144. The second-order valence-corrected chi connectivity index (χ2v) is 7.52. The normalized spacial score (nSPS) is 19.6. The molecule has 0 atom stereocenters. The van der Waals surface area contributed by atoms with Crippen molar-refractivity contribution >= 4 is 22.5 Å². The van der Waals surface area contributed by atoms with Gasteiger partial charge in [0.25, 0.3) is 0 Å². The molecule has 1 aliphatic carbocycles. The zero-order chi connectivity index (χ0) is 19.7. The van der Waals surface area contributed by atoms with Crippen LogP contribution in [0.1, 0.15) is 31.4 Å². The monoisotopic (exact) mass is 378 g/mol. The molecule has 7 nitrogen and oxygen atoms in total. The number of hydrogen-bond donors (Lipinski definition) is 1. The highest BCUT2D eigenvalue weighted by molar-refractivity contribution is 5.87. The van der Waals surface area contributed by atoms with Gasteiger partial charge in [-0.25, -0.2) is 0 Å². The number of ketones is 1. The second-order valence-electron chi connectivity index (χ2n) is 7.52. The number of carboxylic acid groups (broad SMARTS) is 1. The van der Waals surface area contributed by atoms with Gasteiger partial charge in [0.05, 0.1) is 17.8 Å². The Hall–Kier alpha value is -3.09. The number of nitrogens with zero attached hydrogens (tertiary/aromatic N) is 4. The molecule has 3 aromatic heterocycles. The van der Waals surface area contributed by atoms with Crippen molar-refractivity contribution in [3.05, 3.63) is 42.6 Å². The smallest absolute Gasteiger partial charge is 0.306 e. The number of aryl methyl sites for hydroxylation is 1. The number of aliphatic carboxylic acids is 1. The molecule has 1 fully saturated rings. The van der Waals surface area contributed by atoms with Crippen molar-refractivity contribution < 1.29 is 14.7 Å². The van der Waals surface area contributed by atoms with E-state index in [4.69, 9.17) is 5.11 Å². The standard InChI is InChI=1S/C21H22N4O3/c1-25-12-17(11-24-25)19-7-15-6-18(22-9-16(15)10-23-19)8-20(26)13-2-4-14(5-3-13)21(27)28/h6-7,9-14H,2-5,8H2,1H3,(H,27,28). The predicted molar refractivity (Wildman–Crippen MR) is 104 cm³/mol. The summed E-state index contributed by atoms with van der Waals surface area (Å²) in [5, 5.41) is 15.2. The number of hydrogen-bond acceptors (Lipinski definition) is 5. The first-order chi connectivity index (χ1) is 13.5. The molecule has 0 aromatic carbocycles. The van der Waals surface area contributed by atoms with E-state index in [2.05, 4.69) is 15.1 Å². The fourth-order valence-electron chi connectivity index (χ4n) is 3.88. The highest BCUT2D eigenvalue weighted by atomic mass is 16.4. The average molecular weight is 378 g/mol. The molecular weight excluding hydrogens is 356 g/mol. The van der Waals surface area contributed by atoms with Gasteiger partial charge in [0.2, 0.25) is 0 Å². The number of carbonyl (C=O) groups is 2. The van der Waals surface area contributed by atoms with Gasteiger partial charge in [0, 0.05) is 54.6 Å². The van der Waals surface area contributed by atoms with E-state index in [1.54, 1.807) is 23.3 Å². The third-order valence-corrected chi connectivity index (χ3v) is 5.55. The number of rotatable bonds is 5. The molecule has 4 rings (SSSR count). The summed E-state index contributed by atoms with van der Waals surface area (Å²) >= 11 is 0. The summed E-state index contributed by atoms with van der Waals surface area (Å²) in [4.78, 5) is 32.6. The van der Waals surface area contributed by atoms with Crippen LogP contribution in [0, 0.1) is 11.8 Å². The Kier molecular flexibility index (Phi) is 4.90. The molecule has 144 valence electrons. The van der Waals surface area contributed by atoms with Crippen LogP contribution in [0.3, 0.4) is 0 Å². The minimum absolute atomic E-state index is 0.0588. The van der Waals surface area contributed by atoms with Gasteiger partial charge in [-0.05, 0) is 43.2 Å². The van der Waals surface area contributed by atoms with E-state index in [0.29, 0.717) is 25.7 Å². The van der Waals surface area contributed by atoms with Crippen molar-refractivity contribution in [3.8, 4) is 11.3 Å². The van der Waals surface area contributed by atoms with Crippen LogP contribution in [0.2, 0.25) is 0 Å². The molecule has 3 aromatic rings. The van der Waals surface area contributed by atoms with Gasteiger partial charge in [-0.3, -0.25) is 24.2 Å². The third kappa shape index (κ3) is 3.78. The minimum atomic E-state index is -0.750. The van der Waals surface area contributed by atoms with Gasteiger partial charge in [-0.2, -0.15) is 5.10 Å². The van der Waals surface area contributed by atoms with E-state index >= 15 is 0 Å². The summed E-state index contributed by atoms with van der Waals surface area (Å²) < 4.78 is 1.73. The van der Waals surface area contributed by atoms with E-state index in [1.807, 2.05) is 25.4 Å². The minimum Gasteiger partial charge on any atom is -0.481 e. The lowest BCUT2D eigenvalue weighted by atomic mass is 9.79. The fourth-order valence-corrected chi connectivity index (χ4v) is 3.88. The van der Waals surface area contributed by atoms with Crippen molar-refractivity contribution in [1.29, 1.82) is 0 Å².